The Morgan fingerprint density at radius 2 is 1.91 bits per heavy atom. The van der Waals surface area contributed by atoms with Gasteiger partial charge >= 0.3 is 5.97 Å². The first kappa shape index (κ1) is 16.2. The fourth-order valence-corrected chi connectivity index (χ4v) is 2.42. The van der Waals surface area contributed by atoms with Crippen LogP contribution in [-0.2, 0) is 13.0 Å². The molecule has 2 aromatic rings. The van der Waals surface area contributed by atoms with Crippen LogP contribution in [0.1, 0.15) is 35.0 Å². The third-order valence-electron chi connectivity index (χ3n) is 3.56. The number of pyridine rings is 1. The largest absolute Gasteiger partial charge is 0.478 e. The molecule has 0 aliphatic rings. The Labute approximate surface area is 131 Å². The molecule has 1 aromatic heterocycles. The third kappa shape index (κ3) is 4.97. The van der Waals surface area contributed by atoms with E-state index in [4.69, 9.17) is 5.11 Å². The molecule has 1 N–H and O–H groups in total. The molecule has 0 saturated heterocycles. The summed E-state index contributed by atoms with van der Waals surface area (Å²) in [4.78, 5) is 17.6. The molecule has 116 valence electrons. The minimum Gasteiger partial charge on any atom is -0.478 e. The lowest BCUT2D eigenvalue weighted by atomic mass is 10.1. The molecule has 0 aliphatic heterocycles. The van der Waals surface area contributed by atoms with Crippen molar-refractivity contribution < 1.29 is 9.90 Å². The molecule has 0 saturated carbocycles. The SMILES string of the molecule is CCCN(CCc1ccccn1)Cc1ccc(C(=O)O)cc1. The third-order valence-corrected chi connectivity index (χ3v) is 3.56. The molecule has 4 nitrogen and oxygen atoms in total. The maximum absolute atomic E-state index is 10.9. The molecule has 0 spiro atoms. The first-order chi connectivity index (χ1) is 10.7. The van der Waals surface area contributed by atoms with Crippen molar-refractivity contribution in [3.63, 3.8) is 0 Å². The van der Waals surface area contributed by atoms with Crippen LogP contribution in [-0.4, -0.2) is 34.0 Å². The van der Waals surface area contributed by atoms with Gasteiger partial charge in [-0.25, -0.2) is 4.79 Å². The van der Waals surface area contributed by atoms with Crippen molar-refractivity contribution >= 4 is 5.97 Å². The second kappa shape index (κ2) is 8.29. The van der Waals surface area contributed by atoms with Crippen LogP contribution in [0, 0.1) is 0 Å². The first-order valence-electron chi connectivity index (χ1n) is 7.63. The predicted molar refractivity (Wildman–Crippen MR) is 86.9 cm³/mol. The lowest BCUT2D eigenvalue weighted by Gasteiger charge is -2.21. The van der Waals surface area contributed by atoms with E-state index in [1.165, 1.54) is 0 Å². The number of hydrogen-bond acceptors (Lipinski definition) is 3. The fraction of sp³-hybridized carbons (Fsp3) is 0.333. The lowest BCUT2D eigenvalue weighted by Crippen LogP contribution is -2.26. The number of hydrogen-bond donors (Lipinski definition) is 1. The zero-order valence-electron chi connectivity index (χ0n) is 12.9. The van der Waals surface area contributed by atoms with E-state index < -0.39 is 5.97 Å². The zero-order chi connectivity index (χ0) is 15.8. The molecule has 0 amide bonds. The summed E-state index contributed by atoms with van der Waals surface area (Å²) in [6, 6.07) is 13.1. The van der Waals surface area contributed by atoms with Crippen LogP contribution in [0.2, 0.25) is 0 Å². The number of aromatic nitrogens is 1. The molecule has 0 unspecified atom stereocenters. The Morgan fingerprint density at radius 1 is 1.14 bits per heavy atom. The standard InChI is InChI=1S/C18H22N2O2/c1-2-12-20(13-10-17-5-3-4-11-19-17)14-15-6-8-16(9-7-15)18(21)22/h3-9,11H,2,10,12-14H2,1H3,(H,21,22). The van der Waals surface area contributed by atoms with Crippen LogP contribution in [0.3, 0.4) is 0 Å². The van der Waals surface area contributed by atoms with E-state index in [1.54, 1.807) is 12.1 Å². The van der Waals surface area contributed by atoms with Crippen LogP contribution >= 0.6 is 0 Å². The summed E-state index contributed by atoms with van der Waals surface area (Å²) in [6.07, 6.45) is 3.84. The van der Waals surface area contributed by atoms with E-state index in [1.807, 2.05) is 36.5 Å². The number of aromatic carboxylic acids is 1. The van der Waals surface area contributed by atoms with Gasteiger partial charge in [0.05, 0.1) is 5.56 Å². The fourth-order valence-electron chi connectivity index (χ4n) is 2.42. The normalized spacial score (nSPS) is 10.8. The number of carbonyl (C=O) groups is 1. The summed E-state index contributed by atoms with van der Waals surface area (Å²) in [5, 5.41) is 8.93. The molecule has 0 bridgehead atoms. The Kier molecular flexibility index (Phi) is 6.10. The maximum Gasteiger partial charge on any atom is 0.335 e. The number of carboxylic acid groups (broad SMARTS) is 1. The minimum atomic E-state index is -0.882. The Hall–Kier alpha value is -2.20. The minimum absolute atomic E-state index is 0.333. The van der Waals surface area contributed by atoms with Gasteiger partial charge in [-0.05, 0) is 42.8 Å². The summed E-state index contributed by atoms with van der Waals surface area (Å²) in [5.41, 5.74) is 2.57. The van der Waals surface area contributed by atoms with Crippen LogP contribution in [0.4, 0.5) is 0 Å². The van der Waals surface area contributed by atoms with Gasteiger partial charge in [0.15, 0.2) is 0 Å². The van der Waals surface area contributed by atoms with Gasteiger partial charge in [0, 0.05) is 31.4 Å². The molecule has 4 heteroatoms. The van der Waals surface area contributed by atoms with Crippen LogP contribution in [0.15, 0.2) is 48.7 Å². The molecule has 0 fully saturated rings. The smallest absolute Gasteiger partial charge is 0.335 e. The van der Waals surface area contributed by atoms with E-state index in [0.29, 0.717) is 5.56 Å². The Morgan fingerprint density at radius 3 is 2.50 bits per heavy atom. The Balaban J connectivity index is 1.94. The van der Waals surface area contributed by atoms with Crippen molar-refractivity contribution in [2.24, 2.45) is 0 Å². The van der Waals surface area contributed by atoms with Crippen molar-refractivity contribution in [2.45, 2.75) is 26.3 Å². The van der Waals surface area contributed by atoms with Gasteiger partial charge in [0.25, 0.3) is 0 Å². The molecule has 0 atom stereocenters. The van der Waals surface area contributed by atoms with E-state index in [2.05, 4.69) is 16.8 Å². The van der Waals surface area contributed by atoms with Gasteiger partial charge in [-0.3, -0.25) is 9.88 Å². The zero-order valence-corrected chi connectivity index (χ0v) is 12.9. The quantitative estimate of drug-likeness (QED) is 0.813. The molecular weight excluding hydrogens is 276 g/mol. The summed E-state index contributed by atoms with van der Waals surface area (Å²) in [5.74, 6) is -0.882. The van der Waals surface area contributed by atoms with Crippen molar-refractivity contribution in [1.82, 2.24) is 9.88 Å². The first-order valence-corrected chi connectivity index (χ1v) is 7.63. The Bertz CT molecular complexity index is 582. The molecule has 2 rings (SSSR count). The number of benzene rings is 1. The van der Waals surface area contributed by atoms with Crippen molar-refractivity contribution in [1.29, 1.82) is 0 Å². The van der Waals surface area contributed by atoms with Gasteiger partial charge in [-0.1, -0.05) is 25.1 Å². The van der Waals surface area contributed by atoms with Crippen LogP contribution < -0.4 is 0 Å². The summed E-state index contributed by atoms with van der Waals surface area (Å²) in [6.45, 7) is 4.97. The molecule has 22 heavy (non-hydrogen) atoms. The van der Waals surface area contributed by atoms with Gasteiger partial charge in [-0.15, -0.1) is 0 Å². The molecular formula is C18H22N2O2. The maximum atomic E-state index is 10.9. The molecule has 0 radical (unpaired) electrons. The molecule has 1 aromatic carbocycles. The van der Waals surface area contributed by atoms with Crippen molar-refractivity contribution in [3.8, 4) is 0 Å². The number of nitrogens with zero attached hydrogens (tertiary/aromatic N) is 2. The van der Waals surface area contributed by atoms with E-state index in [9.17, 15) is 4.79 Å². The summed E-state index contributed by atoms with van der Waals surface area (Å²) < 4.78 is 0. The summed E-state index contributed by atoms with van der Waals surface area (Å²) in [7, 11) is 0. The second-order valence-electron chi connectivity index (χ2n) is 5.35. The van der Waals surface area contributed by atoms with Gasteiger partial charge in [-0.2, -0.15) is 0 Å². The van der Waals surface area contributed by atoms with Crippen LogP contribution in [0.5, 0.6) is 0 Å². The molecule has 0 aliphatic carbocycles. The van der Waals surface area contributed by atoms with Crippen LogP contribution in [0.25, 0.3) is 0 Å². The lowest BCUT2D eigenvalue weighted by molar-refractivity contribution is 0.0697. The van der Waals surface area contributed by atoms with E-state index >= 15 is 0 Å². The van der Waals surface area contributed by atoms with Gasteiger partial charge < -0.3 is 5.11 Å². The highest BCUT2D eigenvalue weighted by Crippen LogP contribution is 2.09. The number of carboxylic acids is 1. The highest BCUT2D eigenvalue weighted by atomic mass is 16.4. The topological polar surface area (TPSA) is 53.4 Å². The predicted octanol–water partition coefficient (Wildman–Crippen LogP) is 3.23. The summed E-state index contributed by atoms with van der Waals surface area (Å²) >= 11 is 0. The number of rotatable bonds is 8. The molecule has 1 heterocycles. The van der Waals surface area contributed by atoms with E-state index in [0.717, 1.165) is 43.7 Å². The average molecular weight is 298 g/mol. The van der Waals surface area contributed by atoms with Gasteiger partial charge in [0.2, 0.25) is 0 Å². The van der Waals surface area contributed by atoms with Gasteiger partial charge in [0.1, 0.15) is 0 Å². The van der Waals surface area contributed by atoms with Crippen molar-refractivity contribution in [2.75, 3.05) is 13.1 Å². The highest BCUT2D eigenvalue weighted by molar-refractivity contribution is 5.87. The van der Waals surface area contributed by atoms with E-state index in [-0.39, 0.29) is 0 Å². The average Bonchev–Trinajstić information content (AvgIpc) is 2.54. The highest BCUT2D eigenvalue weighted by Gasteiger charge is 2.07. The van der Waals surface area contributed by atoms with Crippen molar-refractivity contribution in [3.05, 3.63) is 65.5 Å². The monoisotopic (exact) mass is 298 g/mol. The second-order valence-corrected chi connectivity index (χ2v) is 5.35.